The minimum absolute atomic E-state index is 0.148. The third kappa shape index (κ3) is 3.32. The lowest BCUT2D eigenvalue weighted by molar-refractivity contribution is -0.134. The van der Waals surface area contributed by atoms with Crippen LogP contribution >= 0.6 is 0 Å². The topological polar surface area (TPSA) is 59.2 Å². The van der Waals surface area contributed by atoms with Crippen LogP contribution in [0.4, 0.5) is 0 Å². The van der Waals surface area contributed by atoms with E-state index in [1.54, 1.807) is 0 Å². The molecule has 1 saturated carbocycles. The van der Waals surface area contributed by atoms with Crippen molar-refractivity contribution in [3.8, 4) is 0 Å². The van der Waals surface area contributed by atoms with Gasteiger partial charge in [0.25, 0.3) is 0 Å². The fourth-order valence-corrected chi connectivity index (χ4v) is 3.80. The van der Waals surface area contributed by atoms with E-state index >= 15 is 0 Å². The number of likely N-dealkylation sites (tertiary alicyclic amines) is 1. The number of amides is 1. The Labute approximate surface area is 148 Å². The smallest absolute Gasteiger partial charge is 0.231 e. The normalized spacial score (nSPS) is 26.0. The average molecular weight is 339 g/mol. The number of piperidine rings is 1. The van der Waals surface area contributed by atoms with Gasteiger partial charge < -0.3 is 9.42 Å². The minimum atomic E-state index is 0.148. The van der Waals surface area contributed by atoms with Gasteiger partial charge in [0.1, 0.15) is 0 Å². The minimum Gasteiger partial charge on any atom is -0.342 e. The van der Waals surface area contributed by atoms with Crippen molar-refractivity contribution in [2.45, 2.75) is 50.9 Å². The standard InChI is InChI=1S/C20H25N3O2/c1-13(2)18-21-19(25-22-18)15-9-6-10-23(12-15)20(24)17-11-16(17)14-7-4-3-5-8-14/h3-5,7-8,13,15-17H,6,9-12H2,1-2H3/t15-,16+,17+/m1/s1. The maximum absolute atomic E-state index is 12.9. The number of rotatable bonds is 4. The van der Waals surface area contributed by atoms with Crippen molar-refractivity contribution in [1.82, 2.24) is 15.0 Å². The molecule has 3 atom stereocenters. The van der Waals surface area contributed by atoms with Gasteiger partial charge in [-0.3, -0.25) is 4.79 Å². The van der Waals surface area contributed by atoms with E-state index in [2.05, 4.69) is 36.1 Å². The van der Waals surface area contributed by atoms with E-state index in [1.165, 1.54) is 5.56 Å². The molecule has 2 heterocycles. The van der Waals surface area contributed by atoms with Gasteiger partial charge in [-0.2, -0.15) is 4.98 Å². The largest absolute Gasteiger partial charge is 0.342 e. The first-order valence-corrected chi connectivity index (χ1v) is 9.30. The van der Waals surface area contributed by atoms with Crippen molar-refractivity contribution in [2.24, 2.45) is 5.92 Å². The molecule has 25 heavy (non-hydrogen) atoms. The third-order valence-corrected chi connectivity index (χ3v) is 5.39. The van der Waals surface area contributed by atoms with Crippen LogP contribution in [0, 0.1) is 5.92 Å². The monoisotopic (exact) mass is 339 g/mol. The number of hydrogen-bond donors (Lipinski definition) is 0. The summed E-state index contributed by atoms with van der Waals surface area (Å²) in [6, 6.07) is 10.4. The van der Waals surface area contributed by atoms with Crippen molar-refractivity contribution in [3.63, 3.8) is 0 Å². The van der Waals surface area contributed by atoms with Gasteiger partial charge in [-0.1, -0.05) is 49.3 Å². The van der Waals surface area contributed by atoms with Gasteiger partial charge in [0.05, 0.1) is 5.92 Å². The Morgan fingerprint density at radius 2 is 2.08 bits per heavy atom. The van der Waals surface area contributed by atoms with Crippen LogP contribution in [0.1, 0.15) is 68.1 Å². The molecular weight excluding hydrogens is 314 g/mol. The van der Waals surface area contributed by atoms with Gasteiger partial charge in [-0.15, -0.1) is 0 Å². The molecular formula is C20H25N3O2. The van der Waals surface area contributed by atoms with Crippen LogP contribution in [0.15, 0.2) is 34.9 Å². The SMILES string of the molecule is CC(C)c1noc([C@@H]2CCCN(C(=O)[C@H]3C[C@H]3c3ccccc3)C2)n1. The highest BCUT2D eigenvalue weighted by molar-refractivity contribution is 5.83. The first-order chi connectivity index (χ1) is 12.1. The van der Waals surface area contributed by atoms with Crippen molar-refractivity contribution < 1.29 is 9.32 Å². The van der Waals surface area contributed by atoms with Crippen LogP contribution in [0.2, 0.25) is 0 Å². The van der Waals surface area contributed by atoms with Crippen LogP contribution in [0.3, 0.4) is 0 Å². The molecule has 5 nitrogen and oxygen atoms in total. The van der Waals surface area contributed by atoms with Gasteiger partial charge in [-0.25, -0.2) is 0 Å². The second kappa shape index (κ2) is 6.62. The van der Waals surface area contributed by atoms with Gasteiger partial charge >= 0.3 is 0 Å². The summed E-state index contributed by atoms with van der Waals surface area (Å²) in [5, 5.41) is 4.07. The van der Waals surface area contributed by atoms with E-state index in [-0.39, 0.29) is 17.8 Å². The Morgan fingerprint density at radius 3 is 2.80 bits per heavy atom. The number of benzene rings is 1. The molecule has 1 aromatic carbocycles. The highest BCUT2D eigenvalue weighted by atomic mass is 16.5. The molecule has 2 aromatic rings. The lowest BCUT2D eigenvalue weighted by atomic mass is 9.97. The van der Waals surface area contributed by atoms with Gasteiger partial charge in [0, 0.05) is 24.9 Å². The molecule has 0 spiro atoms. The van der Waals surface area contributed by atoms with Crippen LogP contribution < -0.4 is 0 Å². The summed E-state index contributed by atoms with van der Waals surface area (Å²) >= 11 is 0. The summed E-state index contributed by atoms with van der Waals surface area (Å²) in [7, 11) is 0. The van der Waals surface area contributed by atoms with Crippen molar-refractivity contribution in [1.29, 1.82) is 0 Å². The number of carbonyl (C=O) groups excluding carboxylic acids is 1. The van der Waals surface area contributed by atoms with E-state index in [0.717, 1.165) is 31.6 Å². The molecule has 1 aliphatic heterocycles. The fraction of sp³-hybridized carbons (Fsp3) is 0.550. The van der Waals surface area contributed by atoms with Crippen molar-refractivity contribution >= 4 is 5.91 Å². The fourth-order valence-electron chi connectivity index (χ4n) is 3.80. The van der Waals surface area contributed by atoms with E-state index in [1.807, 2.05) is 23.1 Å². The summed E-state index contributed by atoms with van der Waals surface area (Å²) in [4.78, 5) is 19.4. The molecule has 1 aromatic heterocycles. The Hall–Kier alpha value is -2.17. The van der Waals surface area contributed by atoms with Crippen LogP contribution in [-0.4, -0.2) is 34.0 Å². The zero-order chi connectivity index (χ0) is 17.4. The number of carbonyl (C=O) groups is 1. The summed E-state index contributed by atoms with van der Waals surface area (Å²) in [5.41, 5.74) is 1.29. The van der Waals surface area contributed by atoms with Crippen LogP contribution in [0.25, 0.3) is 0 Å². The van der Waals surface area contributed by atoms with Crippen molar-refractivity contribution in [2.75, 3.05) is 13.1 Å². The molecule has 1 amide bonds. The highest BCUT2D eigenvalue weighted by Gasteiger charge is 2.46. The van der Waals surface area contributed by atoms with Crippen LogP contribution in [0.5, 0.6) is 0 Å². The predicted octanol–water partition coefficient (Wildman–Crippen LogP) is 3.70. The summed E-state index contributed by atoms with van der Waals surface area (Å²) in [6.07, 6.45) is 2.98. The summed E-state index contributed by atoms with van der Waals surface area (Å²) in [6.45, 7) is 5.67. The Bertz CT molecular complexity index is 740. The van der Waals surface area contributed by atoms with Gasteiger partial charge in [0.15, 0.2) is 5.82 Å². The predicted molar refractivity (Wildman–Crippen MR) is 94.2 cm³/mol. The quantitative estimate of drug-likeness (QED) is 0.852. The Balaban J connectivity index is 1.40. The molecule has 0 unspecified atom stereocenters. The molecule has 2 aliphatic rings. The summed E-state index contributed by atoms with van der Waals surface area (Å²) in [5.74, 6) is 2.71. The van der Waals surface area contributed by atoms with Gasteiger partial charge in [-0.05, 0) is 30.7 Å². The average Bonchev–Trinajstić information content (AvgIpc) is 3.29. The zero-order valence-electron chi connectivity index (χ0n) is 14.9. The highest BCUT2D eigenvalue weighted by Crippen LogP contribution is 2.48. The lowest BCUT2D eigenvalue weighted by Crippen LogP contribution is -2.40. The number of nitrogens with zero attached hydrogens (tertiary/aromatic N) is 3. The molecule has 0 bridgehead atoms. The van der Waals surface area contributed by atoms with E-state index in [9.17, 15) is 4.79 Å². The molecule has 5 heteroatoms. The first-order valence-electron chi connectivity index (χ1n) is 9.30. The second-order valence-electron chi connectivity index (χ2n) is 7.63. The number of hydrogen-bond acceptors (Lipinski definition) is 4. The molecule has 0 radical (unpaired) electrons. The van der Waals surface area contributed by atoms with Crippen LogP contribution in [-0.2, 0) is 4.79 Å². The zero-order valence-corrected chi connectivity index (χ0v) is 14.9. The molecule has 1 aliphatic carbocycles. The van der Waals surface area contributed by atoms with E-state index < -0.39 is 0 Å². The Kier molecular flexibility index (Phi) is 4.32. The maximum atomic E-state index is 12.9. The third-order valence-electron chi connectivity index (χ3n) is 5.39. The molecule has 132 valence electrons. The van der Waals surface area contributed by atoms with Crippen molar-refractivity contribution in [3.05, 3.63) is 47.6 Å². The summed E-state index contributed by atoms with van der Waals surface area (Å²) < 4.78 is 5.46. The second-order valence-corrected chi connectivity index (χ2v) is 7.63. The van der Waals surface area contributed by atoms with Gasteiger partial charge in [0.2, 0.25) is 11.8 Å². The Morgan fingerprint density at radius 1 is 1.28 bits per heavy atom. The van der Waals surface area contributed by atoms with E-state index in [0.29, 0.717) is 24.3 Å². The molecule has 2 fully saturated rings. The molecule has 0 N–H and O–H groups in total. The molecule has 1 saturated heterocycles. The lowest BCUT2D eigenvalue weighted by Gasteiger charge is -2.31. The van der Waals surface area contributed by atoms with E-state index in [4.69, 9.17) is 4.52 Å². The first kappa shape index (κ1) is 16.3. The maximum Gasteiger partial charge on any atom is 0.231 e. The molecule has 4 rings (SSSR count). The number of aromatic nitrogens is 2.